The summed E-state index contributed by atoms with van der Waals surface area (Å²) in [6.07, 6.45) is 10.7. The molecule has 0 spiro atoms. The van der Waals surface area contributed by atoms with Crippen molar-refractivity contribution in [3.8, 4) is 11.5 Å². The van der Waals surface area contributed by atoms with Crippen LogP contribution in [0.25, 0.3) is 0 Å². The first-order valence-electron chi connectivity index (χ1n) is 12.0. The highest BCUT2D eigenvalue weighted by atomic mass is 16.6. The van der Waals surface area contributed by atoms with Gasteiger partial charge in [-0.15, -0.1) is 0 Å². The van der Waals surface area contributed by atoms with Crippen LogP contribution in [-0.2, 0) is 20.7 Å². The van der Waals surface area contributed by atoms with Crippen LogP contribution in [0, 0.1) is 0 Å². The average molecular weight is 445 g/mol. The van der Waals surface area contributed by atoms with E-state index in [0.717, 1.165) is 63.1 Å². The maximum Gasteiger partial charge on any atom is 0.373 e. The Balaban J connectivity index is 1.84. The maximum atomic E-state index is 11.9. The van der Waals surface area contributed by atoms with E-state index in [9.17, 15) is 4.79 Å². The van der Waals surface area contributed by atoms with E-state index in [2.05, 4.69) is 32.9 Å². The van der Waals surface area contributed by atoms with E-state index in [4.69, 9.17) is 18.9 Å². The molecule has 0 N–H and O–H groups in total. The number of fused-ring (bicyclic) bond motifs is 1. The lowest BCUT2D eigenvalue weighted by Crippen LogP contribution is -2.36. The first-order valence-corrected chi connectivity index (χ1v) is 12.0. The molecule has 2 rings (SSSR count). The molecule has 1 aliphatic heterocycles. The molecule has 1 aromatic rings. The number of allylic oxidation sites excluding steroid dienone is 3. The summed E-state index contributed by atoms with van der Waals surface area (Å²) < 4.78 is 22.6. The smallest absolute Gasteiger partial charge is 0.373 e. The van der Waals surface area contributed by atoms with Crippen LogP contribution in [0.3, 0.4) is 0 Å². The number of ether oxygens (including phenoxy) is 4. The van der Waals surface area contributed by atoms with Crippen molar-refractivity contribution < 1.29 is 23.7 Å². The van der Waals surface area contributed by atoms with Crippen LogP contribution in [0.4, 0.5) is 0 Å². The van der Waals surface area contributed by atoms with Crippen LogP contribution in [-0.4, -0.2) is 31.4 Å². The molecule has 1 atom stereocenters. The molecule has 1 aromatic carbocycles. The number of hydrogen-bond donors (Lipinski definition) is 0. The van der Waals surface area contributed by atoms with Crippen molar-refractivity contribution in [2.75, 3.05) is 19.8 Å². The number of esters is 1. The highest BCUT2D eigenvalue weighted by molar-refractivity contribution is 5.86. The molecule has 32 heavy (non-hydrogen) atoms. The topological polar surface area (TPSA) is 54.0 Å². The molecular weight excluding hydrogens is 404 g/mol. The summed E-state index contributed by atoms with van der Waals surface area (Å²) >= 11 is 0. The van der Waals surface area contributed by atoms with Crippen LogP contribution in [0.1, 0.15) is 78.7 Å². The predicted molar refractivity (Wildman–Crippen MR) is 128 cm³/mol. The third-order valence-corrected chi connectivity index (χ3v) is 5.60. The molecule has 0 amide bonds. The van der Waals surface area contributed by atoms with Gasteiger partial charge in [0, 0.05) is 0 Å². The zero-order valence-electron chi connectivity index (χ0n) is 20.5. The monoisotopic (exact) mass is 444 g/mol. The fourth-order valence-electron chi connectivity index (χ4n) is 3.77. The lowest BCUT2D eigenvalue weighted by Gasteiger charge is -2.36. The van der Waals surface area contributed by atoms with Gasteiger partial charge < -0.3 is 18.9 Å². The normalized spacial score (nSPS) is 18.5. The maximum absolute atomic E-state index is 11.9. The summed E-state index contributed by atoms with van der Waals surface area (Å²) in [5, 5.41) is 0. The standard InChI is InChI=1S/C27H40O5/c1-6-19-31-23-14-15-24-22(20-23)16-18-27(5,32-24)17-10-12-21(4)11-9-13-25(29-7-2)26(28)30-8-3/h12-15,20H,6-11,16-19H2,1-5H3/b21-12+,25-13-. The lowest BCUT2D eigenvalue weighted by molar-refractivity contribution is -0.142. The molecule has 0 saturated heterocycles. The van der Waals surface area contributed by atoms with E-state index >= 15 is 0 Å². The second-order valence-corrected chi connectivity index (χ2v) is 8.52. The summed E-state index contributed by atoms with van der Waals surface area (Å²) in [7, 11) is 0. The van der Waals surface area contributed by atoms with E-state index in [1.165, 1.54) is 11.1 Å². The first-order chi connectivity index (χ1) is 15.4. The van der Waals surface area contributed by atoms with Crippen molar-refractivity contribution in [3.63, 3.8) is 0 Å². The Labute approximate surface area is 193 Å². The number of hydrogen-bond acceptors (Lipinski definition) is 5. The molecule has 0 saturated carbocycles. The number of rotatable bonds is 13. The Morgan fingerprint density at radius 1 is 1.12 bits per heavy atom. The third-order valence-electron chi connectivity index (χ3n) is 5.60. The van der Waals surface area contributed by atoms with Crippen LogP contribution in [0.5, 0.6) is 11.5 Å². The van der Waals surface area contributed by atoms with Gasteiger partial charge in [-0.3, -0.25) is 0 Å². The Morgan fingerprint density at radius 2 is 1.91 bits per heavy atom. The van der Waals surface area contributed by atoms with Crippen molar-refractivity contribution in [2.45, 2.75) is 85.2 Å². The molecule has 0 aromatic heterocycles. The van der Waals surface area contributed by atoms with E-state index in [1.54, 1.807) is 6.92 Å². The van der Waals surface area contributed by atoms with Crippen LogP contribution >= 0.6 is 0 Å². The van der Waals surface area contributed by atoms with Crippen molar-refractivity contribution >= 4 is 5.97 Å². The number of carbonyl (C=O) groups excluding carboxylic acids is 1. The van der Waals surface area contributed by atoms with Crippen LogP contribution in [0.2, 0.25) is 0 Å². The van der Waals surface area contributed by atoms with Crippen LogP contribution in [0.15, 0.2) is 41.7 Å². The molecular formula is C27H40O5. The minimum Gasteiger partial charge on any atom is -0.494 e. The Hall–Kier alpha value is -2.43. The fourth-order valence-corrected chi connectivity index (χ4v) is 3.77. The second kappa shape index (κ2) is 13.2. The molecule has 1 unspecified atom stereocenters. The first kappa shape index (κ1) is 25.8. The van der Waals surface area contributed by atoms with Gasteiger partial charge in [0.1, 0.15) is 17.1 Å². The molecule has 0 radical (unpaired) electrons. The van der Waals surface area contributed by atoms with Crippen molar-refractivity contribution in [1.29, 1.82) is 0 Å². The quantitative estimate of drug-likeness (QED) is 0.149. The van der Waals surface area contributed by atoms with Gasteiger partial charge in [0.05, 0.1) is 19.8 Å². The van der Waals surface area contributed by atoms with E-state index in [0.29, 0.717) is 19.0 Å². The summed E-state index contributed by atoms with van der Waals surface area (Å²) in [5.41, 5.74) is 2.39. The number of benzene rings is 1. The van der Waals surface area contributed by atoms with Gasteiger partial charge in [-0.05, 0) is 102 Å². The SMILES string of the molecule is CCCOc1ccc2c(c1)CCC(C)(CC/C=C(\C)CC/C=C(\OCC)C(=O)OCC)O2. The molecule has 5 nitrogen and oxygen atoms in total. The minimum absolute atomic E-state index is 0.151. The van der Waals surface area contributed by atoms with Crippen LogP contribution < -0.4 is 9.47 Å². The van der Waals surface area contributed by atoms with Crippen molar-refractivity contribution in [3.05, 3.63) is 47.2 Å². The molecule has 0 aliphatic carbocycles. The highest BCUT2D eigenvalue weighted by Gasteiger charge is 2.31. The number of carbonyl (C=O) groups is 1. The van der Waals surface area contributed by atoms with Gasteiger partial charge in [0.15, 0.2) is 0 Å². The summed E-state index contributed by atoms with van der Waals surface area (Å²) in [4.78, 5) is 11.9. The van der Waals surface area contributed by atoms with Gasteiger partial charge in [-0.2, -0.15) is 0 Å². The highest BCUT2D eigenvalue weighted by Crippen LogP contribution is 2.37. The zero-order chi connectivity index (χ0) is 23.4. The zero-order valence-corrected chi connectivity index (χ0v) is 20.5. The summed E-state index contributed by atoms with van der Waals surface area (Å²) in [6.45, 7) is 11.7. The fraction of sp³-hybridized carbons (Fsp3) is 0.593. The van der Waals surface area contributed by atoms with E-state index in [1.807, 2.05) is 25.1 Å². The van der Waals surface area contributed by atoms with Crippen molar-refractivity contribution in [2.24, 2.45) is 0 Å². The molecule has 1 heterocycles. The van der Waals surface area contributed by atoms with Gasteiger partial charge in [-0.1, -0.05) is 18.6 Å². The summed E-state index contributed by atoms with van der Waals surface area (Å²) in [6, 6.07) is 6.17. The molecule has 0 bridgehead atoms. The Bertz CT molecular complexity index is 795. The van der Waals surface area contributed by atoms with Gasteiger partial charge in [0.25, 0.3) is 0 Å². The molecule has 1 aliphatic rings. The molecule has 5 heteroatoms. The molecule has 0 fully saturated rings. The molecule has 178 valence electrons. The minimum atomic E-state index is -0.386. The third kappa shape index (κ3) is 8.25. The van der Waals surface area contributed by atoms with E-state index < -0.39 is 0 Å². The van der Waals surface area contributed by atoms with Gasteiger partial charge in [-0.25, -0.2) is 4.79 Å². The lowest BCUT2D eigenvalue weighted by atomic mass is 9.88. The predicted octanol–water partition coefficient (Wildman–Crippen LogP) is 6.55. The second-order valence-electron chi connectivity index (χ2n) is 8.52. The summed E-state index contributed by atoms with van der Waals surface area (Å²) in [5.74, 6) is 1.84. The van der Waals surface area contributed by atoms with Gasteiger partial charge in [0.2, 0.25) is 5.76 Å². The van der Waals surface area contributed by atoms with Gasteiger partial charge >= 0.3 is 5.97 Å². The Kier molecular flexibility index (Phi) is 10.6. The largest absolute Gasteiger partial charge is 0.494 e. The average Bonchev–Trinajstić information content (AvgIpc) is 2.77. The Morgan fingerprint density at radius 3 is 2.62 bits per heavy atom. The van der Waals surface area contributed by atoms with E-state index in [-0.39, 0.29) is 11.6 Å². The van der Waals surface area contributed by atoms with Crippen molar-refractivity contribution in [1.82, 2.24) is 0 Å². The number of aryl methyl sites for hydroxylation is 1.